The van der Waals surface area contributed by atoms with E-state index in [0.717, 1.165) is 76.1 Å². The molecular weight excluding hydrogens is 753 g/mol. The Bertz CT molecular complexity index is 3030. The van der Waals surface area contributed by atoms with E-state index in [9.17, 15) is 0 Å². The van der Waals surface area contributed by atoms with E-state index >= 15 is 0 Å². The maximum atomic E-state index is 4.96. The first-order valence-electron chi connectivity index (χ1n) is 19.7. The number of hydrogen-bond donors (Lipinski definition) is 1. The van der Waals surface area contributed by atoms with Crippen LogP contribution in [0.15, 0.2) is 229 Å². The van der Waals surface area contributed by atoms with Gasteiger partial charge in [0.05, 0.1) is 15.9 Å². The van der Waals surface area contributed by atoms with Gasteiger partial charge in [-0.1, -0.05) is 170 Å². The third kappa shape index (κ3) is 7.48. The second kappa shape index (κ2) is 16.1. The highest BCUT2D eigenvalue weighted by molar-refractivity contribution is 7.80. The van der Waals surface area contributed by atoms with Crippen LogP contribution in [0.4, 0.5) is 17.1 Å². The summed E-state index contributed by atoms with van der Waals surface area (Å²) in [6.07, 6.45) is 0. The molecule has 10 rings (SSSR count). The first-order chi connectivity index (χ1) is 29.1. The number of aromatic nitrogens is 1. The molecule has 280 valence electrons. The number of hydrogen-bond acceptors (Lipinski definition) is 4. The highest BCUT2D eigenvalue weighted by Crippen LogP contribution is 2.44. The second-order valence-corrected chi connectivity index (χ2v) is 16.1. The SMILES string of the molecule is Sc1cc2nc(-c3ccccc3)sc2cc1-c1cccc(-c2ccc(N(c3cccc(-c4ccccc4)c3)c3ccc(-c4ccccc4)cc3-c3ccccc3)cc2)c1. The molecule has 4 heteroatoms. The van der Waals surface area contributed by atoms with Gasteiger partial charge < -0.3 is 4.90 Å². The van der Waals surface area contributed by atoms with E-state index in [1.54, 1.807) is 11.3 Å². The zero-order chi connectivity index (χ0) is 39.5. The van der Waals surface area contributed by atoms with E-state index in [0.29, 0.717) is 0 Å². The quantitative estimate of drug-likeness (QED) is 0.147. The summed E-state index contributed by atoms with van der Waals surface area (Å²) in [6.45, 7) is 0. The zero-order valence-corrected chi connectivity index (χ0v) is 33.8. The maximum absolute atomic E-state index is 4.96. The number of benzene rings is 9. The summed E-state index contributed by atoms with van der Waals surface area (Å²) in [5.74, 6) is 0. The highest BCUT2D eigenvalue weighted by Gasteiger charge is 2.20. The Labute approximate surface area is 354 Å². The van der Waals surface area contributed by atoms with Gasteiger partial charge in [0, 0.05) is 27.4 Å². The van der Waals surface area contributed by atoms with E-state index in [2.05, 4.69) is 223 Å². The molecule has 0 atom stereocenters. The molecule has 0 spiro atoms. The van der Waals surface area contributed by atoms with Gasteiger partial charge >= 0.3 is 0 Å². The third-order valence-electron chi connectivity index (χ3n) is 10.8. The fourth-order valence-electron chi connectivity index (χ4n) is 7.84. The van der Waals surface area contributed by atoms with Gasteiger partial charge in [-0.3, -0.25) is 0 Å². The summed E-state index contributed by atoms with van der Waals surface area (Å²) in [5.41, 5.74) is 16.9. The molecule has 0 bridgehead atoms. The van der Waals surface area contributed by atoms with Crippen molar-refractivity contribution in [2.45, 2.75) is 4.90 Å². The van der Waals surface area contributed by atoms with Gasteiger partial charge in [0.15, 0.2) is 0 Å². The predicted molar refractivity (Wildman–Crippen MR) is 254 cm³/mol. The lowest BCUT2D eigenvalue weighted by Gasteiger charge is -2.29. The topological polar surface area (TPSA) is 16.1 Å². The van der Waals surface area contributed by atoms with Crippen LogP contribution >= 0.6 is 24.0 Å². The Morgan fingerprint density at radius 3 is 1.53 bits per heavy atom. The van der Waals surface area contributed by atoms with Crippen molar-refractivity contribution in [1.82, 2.24) is 4.98 Å². The van der Waals surface area contributed by atoms with Crippen molar-refractivity contribution >= 4 is 51.2 Å². The van der Waals surface area contributed by atoms with E-state index < -0.39 is 0 Å². The highest BCUT2D eigenvalue weighted by atomic mass is 32.1. The molecule has 10 aromatic rings. The number of rotatable bonds is 9. The molecule has 2 nitrogen and oxygen atoms in total. The molecule has 59 heavy (non-hydrogen) atoms. The molecule has 0 fully saturated rings. The molecule has 0 unspecified atom stereocenters. The van der Waals surface area contributed by atoms with Crippen LogP contribution in [0.3, 0.4) is 0 Å². The smallest absolute Gasteiger partial charge is 0.124 e. The van der Waals surface area contributed by atoms with Crippen LogP contribution in [0.5, 0.6) is 0 Å². The molecular formula is C55H38N2S2. The number of fused-ring (bicyclic) bond motifs is 1. The van der Waals surface area contributed by atoms with Crippen molar-refractivity contribution in [3.05, 3.63) is 224 Å². The van der Waals surface area contributed by atoms with Crippen LogP contribution in [0.2, 0.25) is 0 Å². The van der Waals surface area contributed by atoms with Crippen molar-refractivity contribution < 1.29 is 0 Å². The van der Waals surface area contributed by atoms with Crippen LogP contribution in [0.1, 0.15) is 0 Å². The standard InChI is InChI=1S/C55H38N2S2/c58-53-37-51-54(59-55(56-51)42-21-11-4-12-22-42)36-50(53)46-25-13-23-43(33-46)40-27-30-47(31-28-40)57(48-26-14-24-44(34-48)38-15-5-1-6-16-38)52-32-29-45(39-17-7-2-8-18-39)35-49(52)41-19-9-3-10-20-41/h1-37,58H. The molecule has 0 saturated heterocycles. The van der Waals surface area contributed by atoms with Crippen LogP contribution in [0.25, 0.3) is 76.4 Å². The Hall–Kier alpha value is -6.98. The van der Waals surface area contributed by atoms with Gasteiger partial charge in [-0.15, -0.1) is 24.0 Å². The van der Waals surface area contributed by atoms with E-state index in [1.165, 1.54) is 22.3 Å². The van der Waals surface area contributed by atoms with Crippen LogP contribution in [-0.2, 0) is 0 Å². The summed E-state index contributed by atoms with van der Waals surface area (Å²) >= 11 is 6.68. The number of thiazole rings is 1. The minimum absolute atomic E-state index is 0.913. The Morgan fingerprint density at radius 1 is 0.356 bits per heavy atom. The molecule has 0 aliphatic heterocycles. The first-order valence-corrected chi connectivity index (χ1v) is 21.0. The van der Waals surface area contributed by atoms with Crippen molar-refractivity contribution in [2.24, 2.45) is 0 Å². The minimum Gasteiger partial charge on any atom is -0.310 e. The first kappa shape index (κ1) is 36.4. The molecule has 0 aliphatic carbocycles. The lowest BCUT2D eigenvalue weighted by molar-refractivity contribution is 1.28. The minimum atomic E-state index is 0.913. The van der Waals surface area contributed by atoms with Crippen LogP contribution in [0, 0.1) is 0 Å². The Morgan fingerprint density at radius 2 is 0.864 bits per heavy atom. The molecule has 0 radical (unpaired) electrons. The summed E-state index contributed by atoms with van der Waals surface area (Å²) in [7, 11) is 0. The van der Waals surface area contributed by atoms with E-state index in [1.807, 2.05) is 6.07 Å². The molecule has 1 aromatic heterocycles. The summed E-state index contributed by atoms with van der Waals surface area (Å²) in [6, 6.07) is 80.1. The number of thiol groups is 1. The molecule has 9 aromatic carbocycles. The monoisotopic (exact) mass is 790 g/mol. The fraction of sp³-hybridized carbons (Fsp3) is 0. The number of nitrogens with zero attached hydrogens (tertiary/aromatic N) is 2. The number of anilines is 3. The van der Waals surface area contributed by atoms with Crippen molar-refractivity contribution in [2.75, 3.05) is 4.90 Å². The van der Waals surface area contributed by atoms with Crippen molar-refractivity contribution in [1.29, 1.82) is 0 Å². The van der Waals surface area contributed by atoms with Gasteiger partial charge in [-0.2, -0.15) is 0 Å². The molecule has 0 saturated carbocycles. The average molecular weight is 791 g/mol. The fourth-order valence-corrected chi connectivity index (χ4v) is 9.15. The van der Waals surface area contributed by atoms with Gasteiger partial charge in [-0.25, -0.2) is 4.98 Å². The Kier molecular flexibility index (Phi) is 9.93. The Balaban J connectivity index is 1.06. The van der Waals surface area contributed by atoms with Gasteiger partial charge in [0.2, 0.25) is 0 Å². The van der Waals surface area contributed by atoms with Gasteiger partial charge in [0.25, 0.3) is 0 Å². The van der Waals surface area contributed by atoms with Crippen LogP contribution in [-0.4, -0.2) is 4.98 Å². The normalized spacial score (nSPS) is 11.1. The second-order valence-electron chi connectivity index (χ2n) is 14.6. The maximum Gasteiger partial charge on any atom is 0.124 e. The molecule has 1 heterocycles. The predicted octanol–water partition coefficient (Wildman–Crippen LogP) is 16.1. The van der Waals surface area contributed by atoms with E-state index in [-0.39, 0.29) is 0 Å². The van der Waals surface area contributed by atoms with Crippen molar-refractivity contribution in [3.8, 4) is 66.2 Å². The molecule has 0 N–H and O–H groups in total. The van der Waals surface area contributed by atoms with Crippen molar-refractivity contribution in [3.63, 3.8) is 0 Å². The lowest BCUT2D eigenvalue weighted by atomic mass is 9.95. The largest absolute Gasteiger partial charge is 0.310 e. The summed E-state index contributed by atoms with van der Waals surface area (Å²) < 4.78 is 1.15. The lowest BCUT2D eigenvalue weighted by Crippen LogP contribution is -2.11. The van der Waals surface area contributed by atoms with Gasteiger partial charge in [-0.05, 0) is 105 Å². The molecule has 0 amide bonds. The van der Waals surface area contributed by atoms with Crippen LogP contribution < -0.4 is 4.90 Å². The van der Waals surface area contributed by atoms with Gasteiger partial charge in [0.1, 0.15) is 5.01 Å². The third-order valence-corrected chi connectivity index (χ3v) is 12.2. The zero-order valence-electron chi connectivity index (χ0n) is 32.1. The summed E-state index contributed by atoms with van der Waals surface area (Å²) in [4.78, 5) is 8.24. The summed E-state index contributed by atoms with van der Waals surface area (Å²) in [5, 5.41) is 1.02. The van der Waals surface area contributed by atoms with E-state index in [4.69, 9.17) is 17.6 Å². The molecule has 0 aliphatic rings. The average Bonchev–Trinajstić information content (AvgIpc) is 3.73.